The van der Waals surface area contributed by atoms with Crippen molar-refractivity contribution in [3.05, 3.63) is 96.1 Å². The number of benzene rings is 3. The van der Waals surface area contributed by atoms with Gasteiger partial charge in [0.05, 0.1) is 13.2 Å². The summed E-state index contributed by atoms with van der Waals surface area (Å²) in [5, 5.41) is 3.61. The average Bonchev–Trinajstić information content (AvgIpc) is 2.61. The zero-order chi connectivity index (χ0) is 15.2. The second-order valence-electron chi connectivity index (χ2n) is 5.10. The summed E-state index contributed by atoms with van der Waals surface area (Å²) in [6, 6.07) is 28.8. The first kappa shape index (κ1) is 14.2. The number of methoxy groups -OCH3 is 1. The van der Waals surface area contributed by atoms with Crippen LogP contribution in [-0.4, -0.2) is 7.11 Å². The van der Waals surface area contributed by atoms with Crippen LogP contribution in [0.4, 0.5) is 5.69 Å². The van der Waals surface area contributed by atoms with E-state index in [0.29, 0.717) is 0 Å². The van der Waals surface area contributed by atoms with Crippen LogP contribution in [-0.2, 0) is 0 Å². The van der Waals surface area contributed by atoms with E-state index in [0.717, 1.165) is 17.0 Å². The fourth-order valence-corrected chi connectivity index (χ4v) is 2.59. The third-order valence-corrected chi connectivity index (χ3v) is 3.67. The minimum Gasteiger partial charge on any atom is -0.496 e. The number of nitrogens with one attached hydrogen (secondary N) is 1. The standard InChI is InChI=1S/C20H19NO/c1-22-19-15-9-8-14-18(19)20(16-10-4-2-5-11-16)21-17-12-6-3-7-13-17/h2-15,20-21H,1H3. The van der Waals surface area contributed by atoms with Gasteiger partial charge in [0, 0.05) is 11.3 Å². The second kappa shape index (κ2) is 6.81. The molecule has 0 aromatic heterocycles. The summed E-state index contributed by atoms with van der Waals surface area (Å²) in [5.74, 6) is 0.889. The summed E-state index contributed by atoms with van der Waals surface area (Å²) in [5.41, 5.74) is 3.41. The summed E-state index contributed by atoms with van der Waals surface area (Å²) in [4.78, 5) is 0. The minimum absolute atomic E-state index is 0.0414. The Kier molecular flexibility index (Phi) is 4.40. The van der Waals surface area contributed by atoms with E-state index >= 15 is 0 Å². The third kappa shape index (κ3) is 3.12. The average molecular weight is 289 g/mol. The van der Waals surface area contributed by atoms with Gasteiger partial charge in [-0.3, -0.25) is 0 Å². The molecule has 0 spiro atoms. The lowest BCUT2D eigenvalue weighted by Crippen LogP contribution is -2.13. The molecule has 1 atom stereocenters. The molecule has 0 saturated carbocycles. The van der Waals surface area contributed by atoms with Crippen LogP contribution in [0.25, 0.3) is 0 Å². The Hall–Kier alpha value is -2.74. The summed E-state index contributed by atoms with van der Waals surface area (Å²) < 4.78 is 5.55. The molecule has 3 rings (SSSR count). The molecule has 3 aromatic carbocycles. The Labute approximate surface area is 131 Å². The first-order valence-corrected chi connectivity index (χ1v) is 7.38. The zero-order valence-electron chi connectivity index (χ0n) is 12.6. The van der Waals surface area contributed by atoms with Gasteiger partial charge in [-0.15, -0.1) is 0 Å². The van der Waals surface area contributed by atoms with Crippen molar-refractivity contribution in [3.63, 3.8) is 0 Å². The smallest absolute Gasteiger partial charge is 0.124 e. The van der Waals surface area contributed by atoms with E-state index < -0.39 is 0 Å². The van der Waals surface area contributed by atoms with Gasteiger partial charge in [0.2, 0.25) is 0 Å². The van der Waals surface area contributed by atoms with Crippen LogP contribution in [0.5, 0.6) is 5.75 Å². The lowest BCUT2D eigenvalue weighted by molar-refractivity contribution is 0.408. The number of anilines is 1. The van der Waals surface area contributed by atoms with Gasteiger partial charge in [-0.05, 0) is 23.8 Å². The fraction of sp³-hybridized carbons (Fsp3) is 0.100. The van der Waals surface area contributed by atoms with E-state index in [2.05, 4.69) is 47.8 Å². The van der Waals surface area contributed by atoms with Gasteiger partial charge < -0.3 is 10.1 Å². The van der Waals surface area contributed by atoms with Crippen molar-refractivity contribution in [1.29, 1.82) is 0 Å². The van der Waals surface area contributed by atoms with Crippen molar-refractivity contribution in [3.8, 4) is 5.75 Å². The molecular weight excluding hydrogens is 270 g/mol. The molecule has 1 unspecified atom stereocenters. The van der Waals surface area contributed by atoms with Crippen LogP contribution in [0, 0.1) is 0 Å². The molecule has 22 heavy (non-hydrogen) atoms. The van der Waals surface area contributed by atoms with Gasteiger partial charge in [0.15, 0.2) is 0 Å². The molecule has 0 saturated heterocycles. The molecule has 0 fully saturated rings. The highest BCUT2D eigenvalue weighted by Gasteiger charge is 2.17. The lowest BCUT2D eigenvalue weighted by atomic mass is 9.97. The molecule has 2 heteroatoms. The monoisotopic (exact) mass is 289 g/mol. The lowest BCUT2D eigenvalue weighted by Gasteiger charge is -2.23. The quantitative estimate of drug-likeness (QED) is 0.721. The first-order chi connectivity index (χ1) is 10.9. The molecule has 0 aliphatic carbocycles. The first-order valence-electron chi connectivity index (χ1n) is 7.38. The molecule has 110 valence electrons. The number of hydrogen-bond donors (Lipinski definition) is 1. The summed E-state index contributed by atoms with van der Waals surface area (Å²) >= 11 is 0. The highest BCUT2D eigenvalue weighted by molar-refractivity contribution is 5.51. The predicted octanol–water partition coefficient (Wildman–Crippen LogP) is 4.90. The van der Waals surface area contributed by atoms with Crippen molar-refractivity contribution in [2.24, 2.45) is 0 Å². The van der Waals surface area contributed by atoms with Crippen LogP contribution < -0.4 is 10.1 Å². The maximum absolute atomic E-state index is 5.55. The number of hydrogen-bond acceptors (Lipinski definition) is 2. The molecule has 3 aromatic rings. The number of rotatable bonds is 5. The molecule has 2 nitrogen and oxygen atoms in total. The molecule has 0 radical (unpaired) electrons. The Bertz CT molecular complexity index is 710. The van der Waals surface area contributed by atoms with Crippen molar-refractivity contribution in [2.75, 3.05) is 12.4 Å². The summed E-state index contributed by atoms with van der Waals surface area (Å²) in [7, 11) is 1.71. The second-order valence-corrected chi connectivity index (χ2v) is 5.10. The zero-order valence-corrected chi connectivity index (χ0v) is 12.6. The van der Waals surface area contributed by atoms with Crippen molar-refractivity contribution >= 4 is 5.69 Å². The van der Waals surface area contributed by atoms with E-state index in [4.69, 9.17) is 4.74 Å². The maximum atomic E-state index is 5.55. The van der Waals surface area contributed by atoms with E-state index in [1.807, 2.05) is 42.5 Å². The van der Waals surface area contributed by atoms with Gasteiger partial charge in [0.1, 0.15) is 5.75 Å². The van der Waals surface area contributed by atoms with Crippen molar-refractivity contribution < 1.29 is 4.74 Å². The highest BCUT2D eigenvalue weighted by atomic mass is 16.5. The van der Waals surface area contributed by atoms with Crippen LogP contribution in [0.3, 0.4) is 0 Å². The van der Waals surface area contributed by atoms with Crippen molar-refractivity contribution in [1.82, 2.24) is 0 Å². The van der Waals surface area contributed by atoms with Gasteiger partial charge in [-0.2, -0.15) is 0 Å². The predicted molar refractivity (Wildman–Crippen MR) is 91.3 cm³/mol. The summed E-state index contributed by atoms with van der Waals surface area (Å²) in [6.45, 7) is 0. The molecule has 0 aliphatic heterocycles. The van der Waals surface area contributed by atoms with Crippen LogP contribution >= 0.6 is 0 Å². The number of ether oxygens (including phenoxy) is 1. The molecule has 1 N–H and O–H groups in total. The van der Waals surface area contributed by atoms with Crippen LogP contribution in [0.2, 0.25) is 0 Å². The molecular formula is C20H19NO. The van der Waals surface area contributed by atoms with E-state index in [1.165, 1.54) is 5.56 Å². The third-order valence-electron chi connectivity index (χ3n) is 3.67. The Morgan fingerprint density at radius 2 is 1.32 bits per heavy atom. The van der Waals surface area contributed by atoms with Gasteiger partial charge in [-0.1, -0.05) is 66.7 Å². The van der Waals surface area contributed by atoms with E-state index in [-0.39, 0.29) is 6.04 Å². The highest BCUT2D eigenvalue weighted by Crippen LogP contribution is 2.32. The Morgan fingerprint density at radius 3 is 2.00 bits per heavy atom. The van der Waals surface area contributed by atoms with Gasteiger partial charge >= 0.3 is 0 Å². The Balaban J connectivity index is 2.03. The van der Waals surface area contributed by atoms with E-state index in [9.17, 15) is 0 Å². The normalized spacial score (nSPS) is 11.7. The van der Waals surface area contributed by atoms with E-state index in [1.54, 1.807) is 7.11 Å². The van der Waals surface area contributed by atoms with Gasteiger partial charge in [0.25, 0.3) is 0 Å². The number of para-hydroxylation sites is 2. The molecule has 0 amide bonds. The SMILES string of the molecule is COc1ccccc1C(Nc1ccccc1)c1ccccc1. The maximum Gasteiger partial charge on any atom is 0.124 e. The van der Waals surface area contributed by atoms with Crippen LogP contribution in [0.15, 0.2) is 84.9 Å². The molecule has 0 aliphatic rings. The van der Waals surface area contributed by atoms with Crippen LogP contribution in [0.1, 0.15) is 17.2 Å². The van der Waals surface area contributed by atoms with Crippen molar-refractivity contribution in [2.45, 2.75) is 6.04 Å². The summed E-state index contributed by atoms with van der Waals surface area (Å²) in [6.07, 6.45) is 0. The fourth-order valence-electron chi connectivity index (χ4n) is 2.59. The largest absolute Gasteiger partial charge is 0.496 e. The Morgan fingerprint density at radius 1 is 0.727 bits per heavy atom. The molecule has 0 bridgehead atoms. The molecule has 0 heterocycles. The van der Waals surface area contributed by atoms with Gasteiger partial charge in [-0.25, -0.2) is 0 Å². The topological polar surface area (TPSA) is 21.3 Å². The minimum atomic E-state index is 0.0414.